The summed E-state index contributed by atoms with van der Waals surface area (Å²) in [4.78, 5) is 40.2. The maximum Gasteiger partial charge on any atom is 0.339 e. The van der Waals surface area contributed by atoms with Gasteiger partial charge in [-0.3, -0.25) is 9.59 Å². The molecule has 7 heteroatoms. The number of imide groups is 1. The predicted octanol–water partition coefficient (Wildman–Crippen LogP) is 5.26. The van der Waals surface area contributed by atoms with Gasteiger partial charge in [-0.2, -0.15) is 0 Å². The van der Waals surface area contributed by atoms with Crippen LogP contribution in [-0.2, 0) is 19.2 Å². The minimum Gasteiger partial charge on any atom is -0.462 e. The Labute approximate surface area is 206 Å². The Morgan fingerprint density at radius 2 is 1.59 bits per heavy atom. The topological polar surface area (TPSA) is 63.7 Å². The highest BCUT2D eigenvalue weighted by Gasteiger charge is 2.68. The molecule has 3 aliphatic carbocycles. The molecule has 1 heterocycles. The number of halogens is 2. The van der Waals surface area contributed by atoms with Crippen LogP contribution in [0.25, 0.3) is 0 Å². The molecular weight excluding hydrogens is 473 g/mol. The number of hydrogen-bond donors (Lipinski definition) is 0. The molecule has 0 unspecified atom stereocenters. The molecule has 7 rings (SSSR count). The van der Waals surface area contributed by atoms with Crippen LogP contribution in [0.4, 0.5) is 5.69 Å². The quantitative estimate of drug-likeness (QED) is 0.284. The number of esters is 1. The largest absolute Gasteiger partial charge is 0.462 e. The first-order valence-electron chi connectivity index (χ1n) is 11.1. The summed E-state index contributed by atoms with van der Waals surface area (Å²) < 4.78 is 5.09. The molecule has 1 aliphatic heterocycles. The lowest BCUT2D eigenvalue weighted by atomic mass is 9.54. The molecule has 3 aromatic rings. The van der Waals surface area contributed by atoms with Crippen LogP contribution in [0.2, 0.25) is 5.02 Å². The van der Waals surface area contributed by atoms with Crippen LogP contribution in [0.3, 0.4) is 0 Å². The molecule has 0 N–H and O–H groups in total. The summed E-state index contributed by atoms with van der Waals surface area (Å²) >= 11 is 13.6. The van der Waals surface area contributed by atoms with Gasteiger partial charge >= 0.3 is 5.97 Å². The van der Waals surface area contributed by atoms with E-state index >= 15 is 0 Å². The van der Waals surface area contributed by atoms with E-state index < -0.39 is 22.7 Å². The van der Waals surface area contributed by atoms with Crippen LogP contribution >= 0.6 is 23.2 Å². The first-order valence-corrected chi connectivity index (χ1v) is 11.9. The minimum atomic E-state index is -1.16. The Bertz CT molecular complexity index is 1350. The van der Waals surface area contributed by atoms with Gasteiger partial charge in [0.1, 0.15) is 4.87 Å². The molecule has 2 bridgehead atoms. The lowest BCUT2D eigenvalue weighted by molar-refractivity contribution is -0.122. The first-order chi connectivity index (χ1) is 16.4. The van der Waals surface area contributed by atoms with Crippen molar-refractivity contribution in [1.29, 1.82) is 0 Å². The fourth-order valence-electron chi connectivity index (χ4n) is 5.95. The summed E-state index contributed by atoms with van der Waals surface area (Å²) in [5.74, 6) is -3.01. The van der Waals surface area contributed by atoms with Gasteiger partial charge in [0.2, 0.25) is 11.8 Å². The summed E-state index contributed by atoms with van der Waals surface area (Å²) in [7, 11) is 0. The smallest absolute Gasteiger partial charge is 0.339 e. The Kier molecular flexibility index (Phi) is 4.67. The first kappa shape index (κ1) is 21.4. The van der Waals surface area contributed by atoms with Crippen molar-refractivity contribution in [3.63, 3.8) is 0 Å². The van der Waals surface area contributed by atoms with E-state index in [1.54, 1.807) is 13.0 Å². The number of carbonyl (C=O) groups is 3. The van der Waals surface area contributed by atoms with E-state index in [4.69, 9.17) is 27.9 Å². The number of amides is 2. The molecule has 3 aromatic carbocycles. The standard InChI is InChI=1S/C27H19Cl2NO4/c1-2-34-26(33)17-13-14(11-12-20(17)28)30-24(31)22-21-15-7-3-5-9-18(15)27(29,23(22)25(30)32)19-10-6-4-8-16(19)21/h3-13,21-23H,2H2,1H3/t21?,22-,23+,27?/m0/s1. The Morgan fingerprint density at radius 3 is 2.21 bits per heavy atom. The SMILES string of the molecule is CCOC(=O)c1cc(N2C(=O)[C@H]3C4c5ccccc5C(Cl)(c5ccccc54)[C@H]3C2=O)ccc1Cl. The zero-order valence-corrected chi connectivity index (χ0v) is 19.6. The molecule has 0 spiro atoms. The molecule has 170 valence electrons. The fourth-order valence-corrected chi connectivity index (χ4v) is 6.72. The summed E-state index contributed by atoms with van der Waals surface area (Å²) in [6.45, 7) is 1.87. The third-order valence-corrected chi connectivity index (χ3v) is 8.19. The Balaban J connectivity index is 1.52. The van der Waals surface area contributed by atoms with Gasteiger partial charge in [0.05, 0.1) is 34.7 Å². The zero-order valence-electron chi connectivity index (χ0n) is 18.1. The van der Waals surface area contributed by atoms with E-state index in [0.717, 1.165) is 27.2 Å². The average molecular weight is 492 g/mol. The van der Waals surface area contributed by atoms with Crippen LogP contribution < -0.4 is 4.90 Å². The van der Waals surface area contributed by atoms with E-state index in [9.17, 15) is 14.4 Å². The van der Waals surface area contributed by atoms with E-state index in [2.05, 4.69) is 0 Å². The molecule has 4 aliphatic rings. The van der Waals surface area contributed by atoms with Crippen molar-refractivity contribution in [2.45, 2.75) is 17.7 Å². The van der Waals surface area contributed by atoms with Crippen LogP contribution in [0.1, 0.15) is 45.5 Å². The van der Waals surface area contributed by atoms with E-state index in [0.29, 0.717) is 0 Å². The van der Waals surface area contributed by atoms with E-state index in [-0.39, 0.29) is 40.6 Å². The normalized spacial score (nSPS) is 26.2. The second-order valence-corrected chi connectivity index (χ2v) is 9.77. The van der Waals surface area contributed by atoms with Gasteiger partial charge in [0.25, 0.3) is 0 Å². The number of hydrogen-bond acceptors (Lipinski definition) is 4. The fraction of sp³-hybridized carbons (Fsp3) is 0.222. The van der Waals surface area contributed by atoms with Gasteiger partial charge in [0.15, 0.2) is 0 Å². The van der Waals surface area contributed by atoms with Gasteiger partial charge < -0.3 is 4.74 Å². The number of carbonyl (C=O) groups excluding carboxylic acids is 3. The van der Waals surface area contributed by atoms with Crippen molar-refractivity contribution >= 4 is 46.7 Å². The van der Waals surface area contributed by atoms with Crippen LogP contribution in [-0.4, -0.2) is 24.4 Å². The monoisotopic (exact) mass is 491 g/mol. The zero-order chi connectivity index (χ0) is 23.8. The molecule has 2 atom stereocenters. The maximum atomic E-state index is 13.9. The number of benzene rings is 3. The van der Waals surface area contributed by atoms with Gasteiger partial charge in [-0.15, -0.1) is 11.6 Å². The van der Waals surface area contributed by atoms with Crippen LogP contribution in [0.5, 0.6) is 0 Å². The highest BCUT2D eigenvalue weighted by molar-refractivity contribution is 6.35. The van der Waals surface area contributed by atoms with Gasteiger partial charge in [-0.25, -0.2) is 9.69 Å². The van der Waals surface area contributed by atoms with Gasteiger partial charge in [-0.05, 0) is 47.4 Å². The second-order valence-electron chi connectivity index (χ2n) is 8.76. The molecule has 34 heavy (non-hydrogen) atoms. The Hall–Kier alpha value is -3.15. The van der Waals surface area contributed by atoms with Crippen LogP contribution in [0, 0.1) is 11.8 Å². The number of anilines is 1. The highest BCUT2D eigenvalue weighted by atomic mass is 35.5. The lowest BCUT2D eigenvalue weighted by Crippen LogP contribution is -2.50. The van der Waals surface area contributed by atoms with Gasteiger partial charge in [0, 0.05) is 5.92 Å². The summed E-state index contributed by atoms with van der Waals surface area (Å²) in [5, 5.41) is 0.187. The number of nitrogens with zero attached hydrogens (tertiary/aromatic N) is 1. The van der Waals surface area contributed by atoms with Crippen molar-refractivity contribution in [2.75, 3.05) is 11.5 Å². The van der Waals surface area contributed by atoms with Crippen molar-refractivity contribution in [3.8, 4) is 0 Å². The van der Waals surface area contributed by atoms with Crippen molar-refractivity contribution in [1.82, 2.24) is 0 Å². The predicted molar refractivity (Wildman–Crippen MR) is 128 cm³/mol. The average Bonchev–Trinajstić information content (AvgIpc) is 3.11. The van der Waals surface area contributed by atoms with E-state index in [1.165, 1.54) is 12.1 Å². The third kappa shape index (κ3) is 2.60. The molecule has 1 fully saturated rings. The molecule has 0 saturated carbocycles. The van der Waals surface area contributed by atoms with Gasteiger partial charge in [-0.1, -0.05) is 60.1 Å². The minimum absolute atomic E-state index is 0.103. The van der Waals surface area contributed by atoms with E-state index in [1.807, 2.05) is 48.5 Å². The molecule has 5 nitrogen and oxygen atoms in total. The summed E-state index contributed by atoms with van der Waals surface area (Å²) in [6.07, 6.45) is 0. The van der Waals surface area contributed by atoms with Crippen molar-refractivity contribution < 1.29 is 19.1 Å². The summed E-state index contributed by atoms with van der Waals surface area (Å²) in [5.41, 5.74) is 4.07. The summed E-state index contributed by atoms with van der Waals surface area (Å²) in [6, 6.07) is 20.1. The highest BCUT2D eigenvalue weighted by Crippen LogP contribution is 2.65. The number of ether oxygens (including phenoxy) is 1. The van der Waals surface area contributed by atoms with Crippen molar-refractivity contribution in [2.24, 2.45) is 11.8 Å². The second kappa shape index (κ2) is 7.42. The molecule has 2 amide bonds. The maximum absolute atomic E-state index is 13.9. The Morgan fingerprint density at radius 1 is 0.971 bits per heavy atom. The molecule has 0 aromatic heterocycles. The molecular formula is C27H19Cl2NO4. The molecule has 0 radical (unpaired) electrons. The number of rotatable bonds is 3. The lowest BCUT2D eigenvalue weighted by Gasteiger charge is -2.50. The number of alkyl halides is 1. The molecule has 1 saturated heterocycles. The van der Waals surface area contributed by atoms with Crippen LogP contribution in [0.15, 0.2) is 66.7 Å². The van der Waals surface area contributed by atoms with Crippen molar-refractivity contribution in [3.05, 3.63) is 99.6 Å². The third-order valence-electron chi connectivity index (χ3n) is 7.22.